The Balaban J connectivity index is 1.79. The first-order valence-electron chi connectivity index (χ1n) is 10.0. The summed E-state index contributed by atoms with van der Waals surface area (Å²) in [4.78, 5) is 0. The average Bonchev–Trinajstić information content (AvgIpc) is 2.98. The van der Waals surface area contributed by atoms with Crippen LogP contribution >= 0.6 is 0 Å². The summed E-state index contributed by atoms with van der Waals surface area (Å²) < 4.78 is 29.1. The van der Waals surface area contributed by atoms with Gasteiger partial charge >= 0.3 is 0 Å². The SMILES string of the molecule is Cc1ccc(N(c2ccccc2)S(=O)(=O)CC23CCC(CC2O)C3(C)C)cc1. The first kappa shape index (κ1) is 19.5. The topological polar surface area (TPSA) is 57.6 Å². The van der Waals surface area contributed by atoms with Crippen molar-refractivity contribution in [2.24, 2.45) is 16.7 Å². The van der Waals surface area contributed by atoms with Gasteiger partial charge in [-0.2, -0.15) is 0 Å². The second-order valence-electron chi connectivity index (χ2n) is 9.06. The van der Waals surface area contributed by atoms with E-state index in [0.717, 1.165) is 18.4 Å². The zero-order chi connectivity index (χ0) is 20.2. The van der Waals surface area contributed by atoms with Crippen LogP contribution in [0.3, 0.4) is 0 Å². The van der Waals surface area contributed by atoms with E-state index in [0.29, 0.717) is 23.7 Å². The van der Waals surface area contributed by atoms with E-state index >= 15 is 0 Å². The summed E-state index contributed by atoms with van der Waals surface area (Å²) in [6.45, 7) is 6.25. The predicted molar refractivity (Wildman–Crippen MR) is 113 cm³/mol. The van der Waals surface area contributed by atoms with Crippen LogP contribution in [0.4, 0.5) is 11.4 Å². The largest absolute Gasteiger partial charge is 0.392 e. The zero-order valence-corrected chi connectivity index (χ0v) is 17.6. The molecule has 0 amide bonds. The first-order chi connectivity index (χ1) is 13.2. The molecule has 0 radical (unpaired) electrons. The zero-order valence-electron chi connectivity index (χ0n) is 16.8. The van der Waals surface area contributed by atoms with E-state index in [1.807, 2.05) is 61.5 Å². The number of hydrogen-bond donors (Lipinski definition) is 1. The molecule has 150 valence electrons. The number of rotatable bonds is 5. The lowest BCUT2D eigenvalue weighted by Gasteiger charge is -2.41. The highest BCUT2D eigenvalue weighted by atomic mass is 32.2. The van der Waals surface area contributed by atoms with Gasteiger partial charge in [0.25, 0.3) is 0 Å². The maximum atomic E-state index is 13.8. The summed E-state index contributed by atoms with van der Waals surface area (Å²) >= 11 is 0. The number of aliphatic hydroxyl groups excluding tert-OH is 1. The van der Waals surface area contributed by atoms with Crippen LogP contribution in [0.25, 0.3) is 0 Å². The fourth-order valence-corrected chi connectivity index (χ4v) is 7.86. The molecule has 2 aliphatic rings. The van der Waals surface area contributed by atoms with Gasteiger partial charge in [-0.25, -0.2) is 12.7 Å². The summed E-state index contributed by atoms with van der Waals surface area (Å²) in [6, 6.07) is 16.8. The molecule has 3 unspecified atom stereocenters. The van der Waals surface area contributed by atoms with Crippen LogP contribution < -0.4 is 4.31 Å². The highest BCUT2D eigenvalue weighted by Gasteiger charge is 2.65. The Hall–Kier alpha value is -1.85. The van der Waals surface area contributed by atoms with Crippen molar-refractivity contribution in [3.05, 3.63) is 60.2 Å². The quantitative estimate of drug-likeness (QED) is 0.796. The minimum Gasteiger partial charge on any atom is -0.392 e. The Morgan fingerprint density at radius 3 is 2.18 bits per heavy atom. The van der Waals surface area contributed by atoms with Crippen molar-refractivity contribution in [3.63, 3.8) is 0 Å². The predicted octanol–water partition coefficient (Wildman–Crippen LogP) is 4.65. The first-order valence-corrected chi connectivity index (χ1v) is 11.6. The fraction of sp³-hybridized carbons (Fsp3) is 0.478. The molecule has 2 bridgehead atoms. The summed E-state index contributed by atoms with van der Waals surface area (Å²) in [6.07, 6.45) is 1.90. The molecule has 2 saturated carbocycles. The van der Waals surface area contributed by atoms with Gasteiger partial charge in [0.15, 0.2) is 0 Å². The number of aliphatic hydroxyl groups is 1. The molecule has 2 aromatic rings. The van der Waals surface area contributed by atoms with Crippen molar-refractivity contribution in [1.29, 1.82) is 0 Å². The molecule has 28 heavy (non-hydrogen) atoms. The van der Waals surface area contributed by atoms with Gasteiger partial charge < -0.3 is 5.11 Å². The molecular formula is C23H29NO3S. The van der Waals surface area contributed by atoms with Crippen molar-refractivity contribution in [1.82, 2.24) is 0 Å². The minimum absolute atomic E-state index is 0.0343. The summed E-state index contributed by atoms with van der Waals surface area (Å²) in [5.41, 5.74) is 1.57. The second-order valence-corrected chi connectivity index (χ2v) is 10.9. The third-order valence-electron chi connectivity index (χ3n) is 7.37. The second kappa shape index (κ2) is 6.60. The standard InChI is InChI=1S/C23H29NO3S/c1-17-9-11-20(12-10-17)24(19-7-5-4-6-8-19)28(26,27)16-23-14-13-18(15-21(23)25)22(23,2)3/h4-12,18,21,25H,13-16H2,1-3H3. The lowest BCUT2D eigenvalue weighted by molar-refractivity contribution is 0.0153. The summed E-state index contributed by atoms with van der Waals surface area (Å²) in [5.74, 6) is 0.357. The van der Waals surface area contributed by atoms with Gasteiger partial charge in [0.2, 0.25) is 10.0 Å². The normalized spacial score (nSPS) is 28.4. The van der Waals surface area contributed by atoms with E-state index in [-0.39, 0.29) is 11.2 Å². The molecule has 0 aromatic heterocycles. The minimum atomic E-state index is -3.70. The number of hydrogen-bond acceptors (Lipinski definition) is 3. The van der Waals surface area contributed by atoms with Crippen LogP contribution in [0.1, 0.15) is 38.7 Å². The van der Waals surface area contributed by atoms with Gasteiger partial charge in [-0.15, -0.1) is 0 Å². The molecule has 2 aliphatic carbocycles. The highest BCUT2D eigenvalue weighted by Crippen LogP contribution is 2.66. The Morgan fingerprint density at radius 2 is 1.64 bits per heavy atom. The Bertz CT molecular complexity index is 953. The summed E-state index contributed by atoms with van der Waals surface area (Å²) in [7, 11) is -3.70. The number of anilines is 2. The number of nitrogens with zero attached hydrogens (tertiary/aromatic N) is 1. The highest BCUT2D eigenvalue weighted by molar-refractivity contribution is 7.93. The number of benzene rings is 2. The Kier molecular flexibility index (Phi) is 4.59. The third-order valence-corrected chi connectivity index (χ3v) is 9.22. The van der Waals surface area contributed by atoms with Crippen molar-refractivity contribution in [3.8, 4) is 0 Å². The number of aryl methyl sites for hydroxylation is 1. The van der Waals surface area contributed by atoms with Gasteiger partial charge in [-0.05, 0) is 61.8 Å². The van der Waals surface area contributed by atoms with E-state index in [1.54, 1.807) is 0 Å². The van der Waals surface area contributed by atoms with Gasteiger partial charge in [0.1, 0.15) is 0 Å². The Morgan fingerprint density at radius 1 is 1.04 bits per heavy atom. The van der Waals surface area contributed by atoms with E-state index in [1.165, 1.54) is 4.31 Å². The van der Waals surface area contributed by atoms with Gasteiger partial charge in [-0.1, -0.05) is 49.7 Å². The summed E-state index contributed by atoms with van der Waals surface area (Å²) in [5, 5.41) is 10.8. The van der Waals surface area contributed by atoms with Crippen LogP contribution in [-0.2, 0) is 10.0 Å². The smallest absolute Gasteiger partial charge is 0.240 e. The van der Waals surface area contributed by atoms with Gasteiger partial charge in [0, 0.05) is 5.41 Å². The molecule has 2 fully saturated rings. The maximum Gasteiger partial charge on any atom is 0.240 e. The lowest BCUT2D eigenvalue weighted by Crippen LogP contribution is -2.47. The van der Waals surface area contributed by atoms with Crippen LogP contribution in [-0.4, -0.2) is 25.4 Å². The number of para-hydroxylation sites is 1. The molecule has 0 heterocycles. The molecule has 3 atom stereocenters. The fourth-order valence-electron chi connectivity index (χ4n) is 5.48. The van der Waals surface area contributed by atoms with E-state index in [2.05, 4.69) is 13.8 Å². The van der Waals surface area contributed by atoms with Crippen LogP contribution in [0.2, 0.25) is 0 Å². The van der Waals surface area contributed by atoms with Crippen molar-refractivity contribution in [2.75, 3.05) is 10.1 Å². The average molecular weight is 400 g/mol. The van der Waals surface area contributed by atoms with Crippen LogP contribution in [0, 0.1) is 23.7 Å². The lowest BCUT2D eigenvalue weighted by atomic mass is 9.70. The number of sulfonamides is 1. The molecule has 0 saturated heterocycles. The van der Waals surface area contributed by atoms with E-state index in [9.17, 15) is 13.5 Å². The maximum absolute atomic E-state index is 13.8. The molecule has 5 heteroatoms. The van der Waals surface area contributed by atoms with Crippen molar-refractivity contribution in [2.45, 2.75) is 46.1 Å². The van der Waals surface area contributed by atoms with E-state index < -0.39 is 21.5 Å². The molecule has 0 aliphatic heterocycles. The van der Waals surface area contributed by atoms with Gasteiger partial charge in [-0.3, -0.25) is 0 Å². The molecule has 2 aromatic carbocycles. The molecule has 1 N–H and O–H groups in total. The van der Waals surface area contributed by atoms with Crippen LogP contribution in [0.5, 0.6) is 0 Å². The monoisotopic (exact) mass is 399 g/mol. The van der Waals surface area contributed by atoms with Gasteiger partial charge in [0.05, 0.1) is 23.2 Å². The third kappa shape index (κ3) is 2.87. The van der Waals surface area contributed by atoms with Crippen molar-refractivity contribution < 1.29 is 13.5 Å². The van der Waals surface area contributed by atoms with E-state index in [4.69, 9.17) is 0 Å². The van der Waals surface area contributed by atoms with Crippen LogP contribution in [0.15, 0.2) is 54.6 Å². The molecule has 4 nitrogen and oxygen atoms in total. The van der Waals surface area contributed by atoms with Crippen molar-refractivity contribution >= 4 is 21.4 Å². The molecule has 4 rings (SSSR count). The molecule has 0 spiro atoms. The number of fused-ring (bicyclic) bond motifs is 2. The Labute approximate surface area is 168 Å². The molecular weight excluding hydrogens is 370 g/mol.